The van der Waals surface area contributed by atoms with Crippen molar-refractivity contribution in [3.05, 3.63) is 48.0 Å². The Balaban J connectivity index is 2.01. The molecular weight excluding hydrogens is 294 g/mol. The van der Waals surface area contributed by atoms with Gasteiger partial charge in [0.2, 0.25) is 0 Å². The molecule has 2 aromatic carbocycles. The average Bonchev–Trinajstić information content (AvgIpc) is 2.48. The number of nitrogens with one attached hydrogen (secondary N) is 1. The SMILES string of the molecule is CC(C)(C)c1ccccc1OCC(=O)Nc1ccc(O)c(O)c1. The van der Waals surface area contributed by atoms with E-state index in [0.29, 0.717) is 11.4 Å². The van der Waals surface area contributed by atoms with E-state index in [1.54, 1.807) is 0 Å². The van der Waals surface area contributed by atoms with Gasteiger partial charge in [0, 0.05) is 11.8 Å². The Labute approximate surface area is 135 Å². The Morgan fingerprint density at radius 3 is 2.43 bits per heavy atom. The minimum Gasteiger partial charge on any atom is -0.504 e. The monoisotopic (exact) mass is 315 g/mol. The molecule has 122 valence electrons. The fourth-order valence-corrected chi connectivity index (χ4v) is 2.15. The number of carbonyl (C=O) groups is 1. The van der Waals surface area contributed by atoms with Crippen molar-refractivity contribution in [1.29, 1.82) is 0 Å². The number of hydrogen-bond donors (Lipinski definition) is 3. The molecule has 0 saturated heterocycles. The maximum absolute atomic E-state index is 12.0. The van der Waals surface area contributed by atoms with Gasteiger partial charge >= 0.3 is 0 Å². The summed E-state index contributed by atoms with van der Waals surface area (Å²) in [7, 11) is 0. The summed E-state index contributed by atoms with van der Waals surface area (Å²) in [6, 6.07) is 11.7. The van der Waals surface area contributed by atoms with E-state index in [-0.39, 0.29) is 29.4 Å². The minimum absolute atomic E-state index is 0.0875. The van der Waals surface area contributed by atoms with E-state index < -0.39 is 0 Å². The highest BCUT2D eigenvalue weighted by Crippen LogP contribution is 2.31. The van der Waals surface area contributed by atoms with E-state index in [1.807, 2.05) is 24.3 Å². The van der Waals surface area contributed by atoms with Crippen molar-refractivity contribution in [3.63, 3.8) is 0 Å². The van der Waals surface area contributed by atoms with Crippen molar-refractivity contribution in [2.45, 2.75) is 26.2 Å². The number of benzene rings is 2. The van der Waals surface area contributed by atoms with Crippen molar-refractivity contribution < 1.29 is 19.7 Å². The van der Waals surface area contributed by atoms with E-state index in [4.69, 9.17) is 4.74 Å². The quantitative estimate of drug-likeness (QED) is 0.597. The highest BCUT2D eigenvalue weighted by atomic mass is 16.5. The van der Waals surface area contributed by atoms with Crippen molar-refractivity contribution in [2.24, 2.45) is 0 Å². The third-order valence-corrected chi connectivity index (χ3v) is 3.31. The topological polar surface area (TPSA) is 78.8 Å². The number of anilines is 1. The molecule has 0 aliphatic carbocycles. The third kappa shape index (κ3) is 4.39. The van der Waals surface area contributed by atoms with Crippen LogP contribution in [0.5, 0.6) is 17.2 Å². The van der Waals surface area contributed by atoms with Gasteiger partial charge in [-0.25, -0.2) is 0 Å². The lowest BCUT2D eigenvalue weighted by atomic mass is 9.86. The number of phenolic OH excluding ortho intramolecular Hbond substituents is 2. The number of para-hydroxylation sites is 1. The lowest BCUT2D eigenvalue weighted by Crippen LogP contribution is -2.21. The van der Waals surface area contributed by atoms with Gasteiger partial charge in [-0.15, -0.1) is 0 Å². The molecule has 0 saturated carbocycles. The smallest absolute Gasteiger partial charge is 0.262 e. The standard InChI is InChI=1S/C18H21NO4/c1-18(2,3)13-6-4-5-7-16(13)23-11-17(22)19-12-8-9-14(20)15(21)10-12/h4-10,20-21H,11H2,1-3H3,(H,19,22). The molecule has 0 radical (unpaired) electrons. The summed E-state index contributed by atoms with van der Waals surface area (Å²) in [5.41, 5.74) is 1.32. The molecule has 5 nitrogen and oxygen atoms in total. The number of rotatable bonds is 4. The van der Waals surface area contributed by atoms with Gasteiger partial charge in [0.05, 0.1) is 0 Å². The normalized spacial score (nSPS) is 11.1. The number of amides is 1. The van der Waals surface area contributed by atoms with Crippen LogP contribution in [0.25, 0.3) is 0 Å². The lowest BCUT2D eigenvalue weighted by Gasteiger charge is -2.22. The number of hydrogen-bond acceptors (Lipinski definition) is 4. The van der Waals surface area contributed by atoms with E-state index >= 15 is 0 Å². The zero-order chi connectivity index (χ0) is 17.0. The molecular formula is C18H21NO4. The van der Waals surface area contributed by atoms with Gasteiger partial charge < -0.3 is 20.3 Å². The number of ether oxygens (including phenoxy) is 1. The summed E-state index contributed by atoms with van der Waals surface area (Å²) in [6.07, 6.45) is 0. The summed E-state index contributed by atoms with van der Waals surface area (Å²) in [5.74, 6) is -0.206. The van der Waals surface area contributed by atoms with Crippen LogP contribution in [0.15, 0.2) is 42.5 Å². The molecule has 0 aliphatic rings. The summed E-state index contributed by atoms with van der Waals surface area (Å²) in [5, 5.41) is 21.3. The molecule has 0 atom stereocenters. The highest BCUT2D eigenvalue weighted by Gasteiger charge is 2.18. The molecule has 2 aromatic rings. The molecule has 0 bridgehead atoms. The Morgan fingerprint density at radius 1 is 1.09 bits per heavy atom. The largest absolute Gasteiger partial charge is 0.504 e. The molecule has 0 unspecified atom stereocenters. The predicted octanol–water partition coefficient (Wildman–Crippen LogP) is 3.41. The zero-order valence-corrected chi connectivity index (χ0v) is 13.5. The van der Waals surface area contributed by atoms with Gasteiger partial charge in [0.1, 0.15) is 5.75 Å². The van der Waals surface area contributed by atoms with Gasteiger partial charge in [-0.1, -0.05) is 39.0 Å². The fourth-order valence-electron chi connectivity index (χ4n) is 2.15. The van der Waals surface area contributed by atoms with E-state index in [1.165, 1.54) is 18.2 Å². The highest BCUT2D eigenvalue weighted by molar-refractivity contribution is 5.92. The third-order valence-electron chi connectivity index (χ3n) is 3.31. The minimum atomic E-state index is -0.348. The van der Waals surface area contributed by atoms with Crippen LogP contribution in [-0.4, -0.2) is 22.7 Å². The summed E-state index contributed by atoms with van der Waals surface area (Å²) in [6.45, 7) is 6.09. The summed E-state index contributed by atoms with van der Waals surface area (Å²) < 4.78 is 5.63. The molecule has 0 heterocycles. The van der Waals surface area contributed by atoms with Gasteiger partial charge in [-0.3, -0.25) is 4.79 Å². The van der Waals surface area contributed by atoms with Crippen LogP contribution in [0.4, 0.5) is 5.69 Å². The van der Waals surface area contributed by atoms with Crippen LogP contribution in [-0.2, 0) is 10.2 Å². The molecule has 0 spiro atoms. The van der Waals surface area contributed by atoms with Crippen LogP contribution in [0.1, 0.15) is 26.3 Å². The number of phenols is 2. The van der Waals surface area contributed by atoms with Crippen LogP contribution >= 0.6 is 0 Å². The molecule has 5 heteroatoms. The van der Waals surface area contributed by atoms with E-state index in [9.17, 15) is 15.0 Å². The van der Waals surface area contributed by atoms with Gasteiger partial charge in [0.25, 0.3) is 5.91 Å². The lowest BCUT2D eigenvalue weighted by molar-refractivity contribution is -0.118. The maximum atomic E-state index is 12.0. The van der Waals surface area contributed by atoms with Crippen LogP contribution in [0.2, 0.25) is 0 Å². The second kappa shape index (κ2) is 6.60. The molecule has 0 aromatic heterocycles. The van der Waals surface area contributed by atoms with E-state index in [2.05, 4.69) is 26.1 Å². The van der Waals surface area contributed by atoms with Crippen LogP contribution < -0.4 is 10.1 Å². The van der Waals surface area contributed by atoms with Gasteiger partial charge in [0.15, 0.2) is 18.1 Å². The van der Waals surface area contributed by atoms with Gasteiger partial charge in [-0.05, 0) is 29.2 Å². The second-order valence-electron chi connectivity index (χ2n) is 6.29. The van der Waals surface area contributed by atoms with Crippen LogP contribution in [0, 0.1) is 0 Å². The average molecular weight is 315 g/mol. The van der Waals surface area contributed by atoms with Crippen molar-refractivity contribution >= 4 is 11.6 Å². The zero-order valence-electron chi connectivity index (χ0n) is 13.5. The van der Waals surface area contributed by atoms with Gasteiger partial charge in [-0.2, -0.15) is 0 Å². The number of aromatic hydroxyl groups is 2. The molecule has 0 aliphatic heterocycles. The molecule has 0 fully saturated rings. The first-order valence-electron chi connectivity index (χ1n) is 7.31. The maximum Gasteiger partial charge on any atom is 0.262 e. The summed E-state index contributed by atoms with van der Waals surface area (Å²) in [4.78, 5) is 12.0. The Morgan fingerprint density at radius 2 is 1.78 bits per heavy atom. The van der Waals surface area contributed by atoms with Crippen molar-refractivity contribution in [1.82, 2.24) is 0 Å². The summed E-state index contributed by atoms with van der Waals surface area (Å²) >= 11 is 0. The molecule has 3 N–H and O–H groups in total. The first kappa shape index (κ1) is 16.7. The molecule has 2 rings (SSSR count). The fraction of sp³-hybridized carbons (Fsp3) is 0.278. The Bertz CT molecular complexity index is 704. The Hall–Kier alpha value is -2.69. The van der Waals surface area contributed by atoms with E-state index in [0.717, 1.165) is 5.56 Å². The first-order valence-corrected chi connectivity index (χ1v) is 7.31. The van der Waals surface area contributed by atoms with Crippen molar-refractivity contribution in [3.8, 4) is 17.2 Å². The first-order chi connectivity index (χ1) is 10.8. The molecule has 1 amide bonds. The predicted molar refractivity (Wildman–Crippen MR) is 89.0 cm³/mol. The van der Waals surface area contributed by atoms with Crippen LogP contribution in [0.3, 0.4) is 0 Å². The molecule has 23 heavy (non-hydrogen) atoms. The number of carbonyl (C=O) groups excluding carboxylic acids is 1. The Kier molecular flexibility index (Phi) is 4.79. The second-order valence-corrected chi connectivity index (χ2v) is 6.29. The van der Waals surface area contributed by atoms with Crippen molar-refractivity contribution in [2.75, 3.05) is 11.9 Å².